The van der Waals surface area contributed by atoms with Crippen LogP contribution in [0.3, 0.4) is 0 Å². The van der Waals surface area contributed by atoms with Crippen molar-refractivity contribution in [2.45, 2.75) is 44.9 Å². The van der Waals surface area contributed by atoms with Gasteiger partial charge in [0.05, 0.1) is 26.9 Å². The minimum Gasteiger partial charge on any atom is -0.497 e. The van der Waals surface area contributed by atoms with Crippen molar-refractivity contribution in [2.75, 3.05) is 34.0 Å². The number of carbonyl (C=O) groups excluding carboxylic acids is 1. The van der Waals surface area contributed by atoms with Gasteiger partial charge in [0.15, 0.2) is 0 Å². The molecule has 1 heterocycles. The first-order valence-corrected chi connectivity index (χ1v) is 9.38. The second-order valence-electron chi connectivity index (χ2n) is 6.77. The Kier molecular flexibility index (Phi) is 8.53. The van der Waals surface area contributed by atoms with Crippen molar-refractivity contribution in [1.29, 1.82) is 0 Å². The molecule has 1 aliphatic rings. The van der Waals surface area contributed by atoms with Crippen LogP contribution in [0.4, 0.5) is 0 Å². The maximum Gasteiger partial charge on any atom is 0.323 e. The lowest BCUT2D eigenvalue weighted by Crippen LogP contribution is -2.42. The van der Waals surface area contributed by atoms with E-state index in [1.54, 1.807) is 25.1 Å². The minimum absolute atomic E-state index is 0.0143. The van der Waals surface area contributed by atoms with Crippen LogP contribution in [0.5, 0.6) is 11.5 Å². The van der Waals surface area contributed by atoms with Crippen molar-refractivity contribution in [2.24, 2.45) is 0 Å². The van der Waals surface area contributed by atoms with E-state index in [1.165, 1.54) is 19.1 Å². The molecule has 1 aromatic carbocycles. The fraction of sp³-hybridized carbons (Fsp3) is 0.600. The van der Waals surface area contributed by atoms with Gasteiger partial charge in [-0.2, -0.15) is 0 Å². The Balaban J connectivity index is 2.04. The number of hydrogen-bond donors (Lipinski definition) is 1. The smallest absolute Gasteiger partial charge is 0.323 e. The SMILES string of the molecule is COc1cc(CN(CC(=O)O)C(=O)C(C)OCC2CCCCO2)cc(OC)c1. The highest BCUT2D eigenvalue weighted by molar-refractivity contribution is 5.84. The van der Waals surface area contributed by atoms with Gasteiger partial charge in [0.1, 0.15) is 24.1 Å². The summed E-state index contributed by atoms with van der Waals surface area (Å²) >= 11 is 0. The molecule has 1 saturated heterocycles. The van der Waals surface area contributed by atoms with Gasteiger partial charge in [-0.1, -0.05) is 0 Å². The maximum atomic E-state index is 12.8. The molecule has 0 bridgehead atoms. The van der Waals surface area contributed by atoms with E-state index in [4.69, 9.17) is 18.9 Å². The van der Waals surface area contributed by atoms with Crippen LogP contribution in [0.25, 0.3) is 0 Å². The van der Waals surface area contributed by atoms with Gasteiger partial charge in [-0.15, -0.1) is 0 Å². The van der Waals surface area contributed by atoms with Crippen LogP contribution in [-0.2, 0) is 25.6 Å². The summed E-state index contributed by atoms with van der Waals surface area (Å²) < 4.78 is 21.8. The largest absolute Gasteiger partial charge is 0.497 e. The van der Waals surface area contributed by atoms with E-state index in [-0.39, 0.29) is 18.6 Å². The standard InChI is InChI=1S/C20H29NO7/c1-14(28-13-16-6-4-5-7-27-16)20(24)21(12-19(22)23)11-15-8-17(25-2)10-18(9-15)26-3/h8-10,14,16H,4-7,11-13H2,1-3H3,(H,22,23). The van der Waals surface area contributed by atoms with Crippen molar-refractivity contribution in [3.05, 3.63) is 23.8 Å². The molecule has 1 aromatic rings. The number of rotatable bonds is 10. The second-order valence-corrected chi connectivity index (χ2v) is 6.77. The van der Waals surface area contributed by atoms with Crippen molar-refractivity contribution in [3.63, 3.8) is 0 Å². The van der Waals surface area contributed by atoms with E-state index in [0.717, 1.165) is 19.3 Å². The summed E-state index contributed by atoms with van der Waals surface area (Å²) in [5, 5.41) is 9.22. The van der Waals surface area contributed by atoms with Gasteiger partial charge < -0.3 is 29.0 Å². The summed E-state index contributed by atoms with van der Waals surface area (Å²) in [7, 11) is 3.06. The Labute approximate surface area is 165 Å². The topological polar surface area (TPSA) is 94.5 Å². The van der Waals surface area contributed by atoms with Crippen molar-refractivity contribution in [3.8, 4) is 11.5 Å². The molecule has 8 nitrogen and oxygen atoms in total. The molecule has 156 valence electrons. The van der Waals surface area contributed by atoms with Crippen LogP contribution < -0.4 is 9.47 Å². The Morgan fingerprint density at radius 2 is 1.89 bits per heavy atom. The molecule has 28 heavy (non-hydrogen) atoms. The number of benzene rings is 1. The van der Waals surface area contributed by atoms with Crippen LogP contribution in [-0.4, -0.2) is 68.1 Å². The number of carboxylic acids is 1. The Bertz CT molecular complexity index is 636. The van der Waals surface area contributed by atoms with Gasteiger partial charge in [-0.25, -0.2) is 0 Å². The van der Waals surface area contributed by atoms with Crippen molar-refractivity contribution >= 4 is 11.9 Å². The summed E-state index contributed by atoms with van der Waals surface area (Å²) in [6.45, 7) is 2.34. The molecule has 0 spiro atoms. The predicted molar refractivity (Wildman–Crippen MR) is 102 cm³/mol. The highest BCUT2D eigenvalue weighted by atomic mass is 16.5. The highest BCUT2D eigenvalue weighted by Crippen LogP contribution is 2.24. The van der Waals surface area contributed by atoms with Crippen LogP contribution in [0, 0.1) is 0 Å². The van der Waals surface area contributed by atoms with E-state index >= 15 is 0 Å². The molecule has 0 aliphatic carbocycles. The Hall–Kier alpha value is -2.32. The van der Waals surface area contributed by atoms with Gasteiger partial charge in [0, 0.05) is 19.2 Å². The third-order valence-corrected chi connectivity index (χ3v) is 4.58. The number of methoxy groups -OCH3 is 2. The van der Waals surface area contributed by atoms with Crippen LogP contribution >= 0.6 is 0 Å². The molecule has 1 aliphatic heterocycles. The normalized spacial score (nSPS) is 17.6. The van der Waals surface area contributed by atoms with Crippen molar-refractivity contribution < 1.29 is 33.6 Å². The molecule has 2 rings (SSSR count). The molecule has 0 saturated carbocycles. The highest BCUT2D eigenvalue weighted by Gasteiger charge is 2.25. The van der Waals surface area contributed by atoms with E-state index in [1.807, 2.05) is 0 Å². The lowest BCUT2D eigenvalue weighted by atomic mass is 10.1. The molecule has 0 aromatic heterocycles. The first-order valence-electron chi connectivity index (χ1n) is 9.38. The molecular formula is C20H29NO7. The first-order chi connectivity index (χ1) is 13.4. The van der Waals surface area contributed by atoms with Gasteiger partial charge >= 0.3 is 5.97 Å². The second kappa shape index (κ2) is 10.9. The average Bonchev–Trinajstić information content (AvgIpc) is 2.71. The van der Waals surface area contributed by atoms with Crippen LogP contribution in [0.1, 0.15) is 31.7 Å². The molecule has 1 fully saturated rings. The molecule has 2 unspecified atom stereocenters. The van der Waals surface area contributed by atoms with Crippen LogP contribution in [0.15, 0.2) is 18.2 Å². The summed E-state index contributed by atoms with van der Waals surface area (Å²) in [5.74, 6) is -0.349. The summed E-state index contributed by atoms with van der Waals surface area (Å²) in [4.78, 5) is 25.3. The number of carbonyl (C=O) groups is 2. The Morgan fingerprint density at radius 1 is 1.21 bits per heavy atom. The lowest BCUT2D eigenvalue weighted by Gasteiger charge is -2.27. The number of ether oxygens (including phenoxy) is 4. The average molecular weight is 395 g/mol. The summed E-state index contributed by atoms with van der Waals surface area (Å²) in [5.41, 5.74) is 0.702. The van der Waals surface area contributed by atoms with Crippen molar-refractivity contribution in [1.82, 2.24) is 4.90 Å². The van der Waals surface area contributed by atoms with Crippen LogP contribution in [0.2, 0.25) is 0 Å². The number of hydrogen-bond acceptors (Lipinski definition) is 6. The third kappa shape index (κ3) is 6.69. The minimum atomic E-state index is -1.09. The zero-order valence-corrected chi connectivity index (χ0v) is 16.7. The summed E-state index contributed by atoms with van der Waals surface area (Å²) in [6.07, 6.45) is 2.25. The number of carboxylic acid groups (broad SMARTS) is 1. The molecular weight excluding hydrogens is 366 g/mol. The first kappa shape index (κ1) is 22.0. The lowest BCUT2D eigenvalue weighted by molar-refractivity contribution is -0.152. The van der Waals surface area contributed by atoms with E-state index in [2.05, 4.69) is 0 Å². The maximum absolute atomic E-state index is 12.8. The van der Waals surface area contributed by atoms with E-state index < -0.39 is 18.6 Å². The number of aliphatic carboxylic acids is 1. The molecule has 1 amide bonds. The molecule has 8 heteroatoms. The fourth-order valence-electron chi connectivity index (χ4n) is 3.07. The zero-order valence-electron chi connectivity index (χ0n) is 16.7. The zero-order chi connectivity index (χ0) is 20.5. The number of amides is 1. The van der Waals surface area contributed by atoms with Gasteiger partial charge in [-0.3, -0.25) is 9.59 Å². The molecule has 1 N–H and O–H groups in total. The quantitative estimate of drug-likeness (QED) is 0.648. The third-order valence-electron chi connectivity index (χ3n) is 4.58. The summed E-state index contributed by atoms with van der Waals surface area (Å²) in [6, 6.07) is 5.20. The van der Waals surface area contributed by atoms with Gasteiger partial charge in [0.2, 0.25) is 0 Å². The predicted octanol–water partition coefficient (Wildman–Crippen LogP) is 2.09. The van der Waals surface area contributed by atoms with E-state index in [9.17, 15) is 14.7 Å². The van der Waals surface area contributed by atoms with Gasteiger partial charge in [-0.05, 0) is 43.9 Å². The monoisotopic (exact) mass is 395 g/mol. The molecule has 2 atom stereocenters. The van der Waals surface area contributed by atoms with E-state index in [0.29, 0.717) is 30.3 Å². The molecule has 0 radical (unpaired) electrons. The number of nitrogens with zero attached hydrogens (tertiary/aromatic N) is 1. The Morgan fingerprint density at radius 3 is 2.43 bits per heavy atom. The fourth-order valence-corrected chi connectivity index (χ4v) is 3.07. The van der Waals surface area contributed by atoms with Gasteiger partial charge in [0.25, 0.3) is 5.91 Å².